The van der Waals surface area contributed by atoms with Gasteiger partial charge in [0.25, 0.3) is 5.91 Å². The molecule has 0 atom stereocenters. The maximum atomic E-state index is 12.0. The summed E-state index contributed by atoms with van der Waals surface area (Å²) in [6.45, 7) is 2.01. The van der Waals surface area contributed by atoms with Crippen molar-refractivity contribution in [3.05, 3.63) is 59.5 Å². The fourth-order valence-corrected chi connectivity index (χ4v) is 2.59. The number of aryl methyl sites for hydroxylation is 1. The summed E-state index contributed by atoms with van der Waals surface area (Å²) in [6.07, 6.45) is 4.80. The smallest absolute Gasteiger partial charge is 0.271 e. The first-order valence-corrected chi connectivity index (χ1v) is 7.48. The van der Waals surface area contributed by atoms with Gasteiger partial charge in [0.15, 0.2) is 0 Å². The molecule has 122 valence electrons. The summed E-state index contributed by atoms with van der Waals surface area (Å²) in [6, 6.07) is 9.17. The number of hydrogen-bond donors (Lipinski definition) is 1. The van der Waals surface area contributed by atoms with E-state index in [2.05, 4.69) is 20.1 Å². The van der Waals surface area contributed by atoms with E-state index in [1.807, 2.05) is 32.2 Å². The van der Waals surface area contributed by atoms with E-state index < -0.39 is 0 Å². The molecule has 3 aromatic rings. The van der Waals surface area contributed by atoms with Crippen molar-refractivity contribution in [2.75, 3.05) is 7.11 Å². The van der Waals surface area contributed by atoms with Crippen molar-refractivity contribution in [3.63, 3.8) is 0 Å². The van der Waals surface area contributed by atoms with E-state index in [1.165, 1.54) is 0 Å². The molecule has 0 aliphatic carbocycles. The van der Waals surface area contributed by atoms with Crippen molar-refractivity contribution in [3.8, 4) is 5.75 Å². The number of hydrogen-bond acceptors (Lipinski definition) is 4. The Hall–Kier alpha value is -3.15. The summed E-state index contributed by atoms with van der Waals surface area (Å²) in [5, 5.41) is 5.12. The minimum Gasteiger partial charge on any atom is -0.497 e. The molecule has 0 radical (unpaired) electrons. The Morgan fingerprint density at radius 3 is 2.75 bits per heavy atom. The third kappa shape index (κ3) is 2.86. The van der Waals surface area contributed by atoms with Crippen LogP contribution in [0.3, 0.4) is 0 Å². The van der Waals surface area contributed by atoms with Gasteiger partial charge in [-0.05, 0) is 37.3 Å². The summed E-state index contributed by atoms with van der Waals surface area (Å²) in [4.78, 5) is 15.9. The summed E-state index contributed by atoms with van der Waals surface area (Å²) in [5.74, 6) is 0.507. The van der Waals surface area contributed by atoms with Crippen LogP contribution in [0.4, 0.5) is 0 Å². The Morgan fingerprint density at radius 2 is 2.04 bits per heavy atom. The number of methoxy groups -OCH3 is 1. The first-order chi connectivity index (χ1) is 11.6. The van der Waals surface area contributed by atoms with E-state index in [1.54, 1.807) is 37.9 Å². The van der Waals surface area contributed by atoms with Gasteiger partial charge in [0.1, 0.15) is 5.75 Å². The normalized spacial score (nSPS) is 11.1. The second kappa shape index (κ2) is 6.54. The van der Waals surface area contributed by atoms with Crippen molar-refractivity contribution in [2.24, 2.45) is 12.1 Å². The largest absolute Gasteiger partial charge is 0.497 e. The number of nitrogens with zero attached hydrogens (tertiary/aromatic N) is 3. The van der Waals surface area contributed by atoms with Gasteiger partial charge < -0.3 is 9.30 Å². The lowest BCUT2D eigenvalue weighted by atomic mass is 10.1. The van der Waals surface area contributed by atoms with Crippen LogP contribution >= 0.6 is 0 Å². The van der Waals surface area contributed by atoms with Crippen LogP contribution < -0.4 is 10.2 Å². The number of pyridine rings is 1. The number of rotatable bonds is 4. The molecule has 2 aromatic heterocycles. The van der Waals surface area contributed by atoms with Crippen LogP contribution in [0.1, 0.15) is 21.6 Å². The maximum Gasteiger partial charge on any atom is 0.271 e. The summed E-state index contributed by atoms with van der Waals surface area (Å²) in [7, 11) is 3.64. The minimum absolute atomic E-state index is 0.274. The highest BCUT2D eigenvalue weighted by atomic mass is 16.5. The lowest BCUT2D eigenvalue weighted by molar-refractivity contribution is 0.0955. The van der Waals surface area contributed by atoms with Crippen LogP contribution in [0.25, 0.3) is 10.9 Å². The van der Waals surface area contributed by atoms with Gasteiger partial charge in [-0.1, -0.05) is 0 Å². The highest BCUT2D eigenvalue weighted by Crippen LogP contribution is 2.27. The third-order valence-corrected chi connectivity index (χ3v) is 4.05. The lowest BCUT2D eigenvalue weighted by Gasteiger charge is -2.01. The molecule has 0 aliphatic rings. The number of hydrazone groups is 1. The second-order valence-electron chi connectivity index (χ2n) is 5.38. The van der Waals surface area contributed by atoms with E-state index >= 15 is 0 Å². The van der Waals surface area contributed by atoms with Crippen LogP contribution in [0.5, 0.6) is 5.75 Å². The molecule has 6 nitrogen and oxygen atoms in total. The molecule has 1 amide bonds. The summed E-state index contributed by atoms with van der Waals surface area (Å²) >= 11 is 0. The van der Waals surface area contributed by atoms with E-state index in [9.17, 15) is 4.79 Å². The van der Waals surface area contributed by atoms with Gasteiger partial charge in [0, 0.05) is 47.2 Å². The first kappa shape index (κ1) is 15.7. The topological polar surface area (TPSA) is 68.5 Å². The zero-order valence-corrected chi connectivity index (χ0v) is 13.8. The molecular weight excluding hydrogens is 304 g/mol. The summed E-state index contributed by atoms with van der Waals surface area (Å²) < 4.78 is 7.38. The minimum atomic E-state index is -0.274. The molecule has 6 heteroatoms. The number of aromatic nitrogens is 2. The van der Waals surface area contributed by atoms with Crippen molar-refractivity contribution in [2.45, 2.75) is 6.92 Å². The number of nitrogens with one attached hydrogen (secondary N) is 1. The molecule has 0 spiro atoms. The monoisotopic (exact) mass is 322 g/mol. The average Bonchev–Trinajstić information content (AvgIpc) is 2.86. The van der Waals surface area contributed by atoms with Crippen LogP contribution in [0.15, 0.2) is 47.8 Å². The molecule has 0 saturated carbocycles. The second-order valence-corrected chi connectivity index (χ2v) is 5.38. The van der Waals surface area contributed by atoms with Crippen molar-refractivity contribution < 1.29 is 9.53 Å². The zero-order valence-electron chi connectivity index (χ0n) is 13.8. The SMILES string of the molecule is COc1ccc2c(c1)c(C=NNC(=O)c1ccncc1)c(C)n2C. The standard InChI is InChI=1S/C18H18N4O2/c1-12-16(11-20-21-18(23)13-6-8-19-9-7-13)15-10-14(24-3)4-5-17(15)22(12)2/h4-11H,1-3H3,(H,21,23). The molecule has 0 fully saturated rings. The van der Waals surface area contributed by atoms with Crippen molar-refractivity contribution >= 4 is 23.0 Å². The molecule has 2 heterocycles. The number of amides is 1. The molecule has 24 heavy (non-hydrogen) atoms. The van der Waals surface area contributed by atoms with Gasteiger partial charge in [-0.3, -0.25) is 9.78 Å². The third-order valence-electron chi connectivity index (χ3n) is 4.05. The Labute approximate surface area is 139 Å². The maximum absolute atomic E-state index is 12.0. The number of ether oxygens (including phenoxy) is 1. The van der Waals surface area contributed by atoms with Gasteiger partial charge >= 0.3 is 0 Å². The van der Waals surface area contributed by atoms with E-state index in [0.717, 1.165) is 27.9 Å². The van der Waals surface area contributed by atoms with Crippen LogP contribution in [0.2, 0.25) is 0 Å². The van der Waals surface area contributed by atoms with Gasteiger partial charge in [-0.2, -0.15) is 5.10 Å². The van der Waals surface area contributed by atoms with E-state index in [-0.39, 0.29) is 5.91 Å². The molecule has 1 N–H and O–H groups in total. The average molecular weight is 322 g/mol. The van der Waals surface area contributed by atoms with Crippen LogP contribution in [0, 0.1) is 6.92 Å². The van der Waals surface area contributed by atoms with Gasteiger partial charge in [-0.15, -0.1) is 0 Å². The fraction of sp³-hybridized carbons (Fsp3) is 0.167. The molecule has 0 saturated heterocycles. The number of fused-ring (bicyclic) bond motifs is 1. The number of carbonyl (C=O) groups is 1. The predicted octanol–water partition coefficient (Wildman–Crippen LogP) is 2.65. The van der Waals surface area contributed by atoms with Crippen LogP contribution in [-0.4, -0.2) is 28.8 Å². The van der Waals surface area contributed by atoms with Crippen LogP contribution in [-0.2, 0) is 7.05 Å². The Kier molecular flexibility index (Phi) is 4.29. The molecule has 1 aromatic carbocycles. The van der Waals surface area contributed by atoms with Crippen molar-refractivity contribution in [1.82, 2.24) is 15.0 Å². The predicted molar refractivity (Wildman–Crippen MR) is 93.5 cm³/mol. The summed E-state index contributed by atoms with van der Waals surface area (Å²) in [5.41, 5.74) is 6.13. The first-order valence-electron chi connectivity index (χ1n) is 7.48. The van der Waals surface area contributed by atoms with Gasteiger partial charge in [0.05, 0.1) is 13.3 Å². The highest BCUT2D eigenvalue weighted by molar-refractivity contribution is 6.02. The van der Waals surface area contributed by atoms with E-state index in [4.69, 9.17) is 4.74 Å². The fourth-order valence-electron chi connectivity index (χ4n) is 2.59. The molecule has 0 aliphatic heterocycles. The molecule has 0 bridgehead atoms. The molecule has 3 rings (SSSR count). The highest BCUT2D eigenvalue weighted by Gasteiger charge is 2.11. The Bertz CT molecular complexity index is 914. The Balaban J connectivity index is 1.89. The lowest BCUT2D eigenvalue weighted by Crippen LogP contribution is -2.17. The van der Waals surface area contributed by atoms with Gasteiger partial charge in [-0.25, -0.2) is 5.43 Å². The molecule has 0 unspecified atom stereocenters. The molecular formula is C18H18N4O2. The van der Waals surface area contributed by atoms with Crippen molar-refractivity contribution in [1.29, 1.82) is 0 Å². The number of carbonyl (C=O) groups excluding carboxylic acids is 1. The Morgan fingerprint density at radius 1 is 1.29 bits per heavy atom. The zero-order chi connectivity index (χ0) is 17.1. The van der Waals surface area contributed by atoms with E-state index in [0.29, 0.717) is 5.56 Å². The quantitative estimate of drug-likeness (QED) is 0.593. The number of benzene rings is 1. The van der Waals surface area contributed by atoms with Gasteiger partial charge in [0.2, 0.25) is 0 Å².